The number of hydrogen-bond donors (Lipinski definition) is 3. The molecule has 2 aromatic heterocycles. The molecule has 1 saturated carbocycles. The Hall–Kier alpha value is -2.68. The highest BCUT2D eigenvalue weighted by Gasteiger charge is 2.27. The van der Waals surface area contributed by atoms with Crippen molar-refractivity contribution in [2.45, 2.75) is 50.9 Å². The van der Waals surface area contributed by atoms with Crippen molar-refractivity contribution in [1.29, 1.82) is 0 Å². The van der Waals surface area contributed by atoms with Gasteiger partial charge >= 0.3 is 0 Å². The second-order valence-corrected chi connectivity index (χ2v) is 9.28. The number of likely N-dealkylation sites (tertiary alicyclic amines) is 1. The van der Waals surface area contributed by atoms with Crippen LogP contribution in [0.3, 0.4) is 0 Å². The molecule has 8 nitrogen and oxygen atoms in total. The Balaban J connectivity index is 1.31. The predicted molar refractivity (Wildman–Crippen MR) is 124 cm³/mol. The van der Waals surface area contributed by atoms with Crippen molar-refractivity contribution in [1.82, 2.24) is 19.9 Å². The van der Waals surface area contributed by atoms with Crippen molar-refractivity contribution in [3.8, 4) is 17.3 Å². The number of aliphatic hydroxyl groups excluding tert-OH is 1. The quantitative estimate of drug-likeness (QED) is 0.489. The second-order valence-electron chi connectivity index (χ2n) is 8.88. The molecule has 0 unspecified atom stereocenters. The number of fused-ring (bicyclic) bond motifs is 1. The fourth-order valence-corrected chi connectivity index (χ4v) is 4.95. The first kappa shape index (κ1) is 22.1. The van der Waals surface area contributed by atoms with Crippen LogP contribution in [0.4, 0.5) is 0 Å². The first-order valence-corrected chi connectivity index (χ1v) is 11.8. The zero-order valence-electron chi connectivity index (χ0n) is 18.2. The van der Waals surface area contributed by atoms with Gasteiger partial charge in [-0.05, 0) is 56.7 Å². The van der Waals surface area contributed by atoms with E-state index < -0.39 is 6.29 Å². The van der Waals surface area contributed by atoms with Gasteiger partial charge in [-0.15, -0.1) is 0 Å². The van der Waals surface area contributed by atoms with Gasteiger partial charge in [0.1, 0.15) is 6.10 Å². The average molecular weight is 471 g/mol. The maximum absolute atomic E-state index is 12.6. The number of aliphatic hydroxyl groups is 2. The van der Waals surface area contributed by atoms with E-state index in [2.05, 4.69) is 15.0 Å². The molecule has 1 aliphatic heterocycles. The Bertz CT molecular complexity index is 1130. The van der Waals surface area contributed by atoms with Gasteiger partial charge < -0.3 is 24.8 Å². The Morgan fingerprint density at radius 3 is 2.45 bits per heavy atom. The number of H-pyrrole nitrogens is 1. The summed E-state index contributed by atoms with van der Waals surface area (Å²) in [4.78, 5) is 26.7. The van der Waals surface area contributed by atoms with E-state index in [-0.39, 0.29) is 17.9 Å². The number of aromatic amines is 1. The molecule has 3 heterocycles. The van der Waals surface area contributed by atoms with E-state index in [0.717, 1.165) is 44.3 Å². The van der Waals surface area contributed by atoms with Crippen molar-refractivity contribution in [3.63, 3.8) is 0 Å². The van der Waals surface area contributed by atoms with Crippen LogP contribution >= 0.6 is 11.6 Å². The molecule has 2 fully saturated rings. The minimum atomic E-state index is -1.27. The molecule has 174 valence electrons. The van der Waals surface area contributed by atoms with Gasteiger partial charge in [0, 0.05) is 30.1 Å². The lowest BCUT2D eigenvalue weighted by Crippen LogP contribution is -2.30. The highest BCUT2D eigenvalue weighted by molar-refractivity contribution is 6.33. The normalized spacial score (nSPS) is 21.2. The zero-order valence-corrected chi connectivity index (χ0v) is 19.0. The van der Waals surface area contributed by atoms with Gasteiger partial charge in [0.05, 0.1) is 16.2 Å². The number of carbonyl (C=O) groups excluding carboxylic acids is 1. The number of imidazole rings is 1. The summed E-state index contributed by atoms with van der Waals surface area (Å²) in [6.45, 7) is 1.64. The van der Waals surface area contributed by atoms with Gasteiger partial charge in [0.15, 0.2) is 11.9 Å². The van der Waals surface area contributed by atoms with Gasteiger partial charge in [0.2, 0.25) is 0 Å². The fourth-order valence-electron chi connectivity index (χ4n) is 4.69. The van der Waals surface area contributed by atoms with Crippen LogP contribution < -0.4 is 4.74 Å². The van der Waals surface area contributed by atoms with E-state index in [1.807, 2.05) is 29.2 Å². The van der Waals surface area contributed by atoms with Crippen LogP contribution in [0.5, 0.6) is 6.01 Å². The second kappa shape index (κ2) is 9.29. The van der Waals surface area contributed by atoms with Gasteiger partial charge in [0.25, 0.3) is 11.9 Å². The first-order valence-electron chi connectivity index (χ1n) is 11.5. The van der Waals surface area contributed by atoms with Crippen molar-refractivity contribution < 1.29 is 19.7 Å². The Morgan fingerprint density at radius 1 is 1.09 bits per heavy atom. The number of nitrogens with one attached hydrogen (secondary N) is 1. The summed E-state index contributed by atoms with van der Waals surface area (Å²) in [7, 11) is 0. The van der Waals surface area contributed by atoms with Crippen molar-refractivity contribution >= 4 is 28.7 Å². The molecule has 1 aromatic carbocycles. The molecular formula is C24H27ClN4O4. The number of amides is 1. The molecule has 33 heavy (non-hydrogen) atoms. The van der Waals surface area contributed by atoms with Crippen LogP contribution in [0.2, 0.25) is 5.02 Å². The molecular weight excluding hydrogens is 444 g/mol. The lowest BCUT2D eigenvalue weighted by Gasteiger charge is -2.28. The summed E-state index contributed by atoms with van der Waals surface area (Å²) in [6.07, 6.45) is 3.70. The summed E-state index contributed by atoms with van der Waals surface area (Å²) < 4.78 is 5.99. The predicted octanol–water partition coefficient (Wildman–Crippen LogP) is 3.76. The number of rotatable bonds is 5. The lowest BCUT2D eigenvalue weighted by molar-refractivity contribution is -0.0988. The van der Waals surface area contributed by atoms with Gasteiger partial charge in [-0.1, -0.05) is 23.7 Å². The third-order valence-electron chi connectivity index (χ3n) is 6.62. The van der Waals surface area contributed by atoms with E-state index in [4.69, 9.17) is 16.3 Å². The topological polar surface area (TPSA) is 112 Å². The van der Waals surface area contributed by atoms with Crippen LogP contribution in [0.1, 0.15) is 48.9 Å². The molecule has 5 rings (SSSR count). The Morgan fingerprint density at radius 2 is 1.79 bits per heavy atom. The van der Waals surface area contributed by atoms with Crippen molar-refractivity contribution in [3.05, 3.63) is 40.9 Å². The Labute approximate surface area is 196 Å². The highest BCUT2D eigenvalue weighted by Crippen LogP contribution is 2.32. The van der Waals surface area contributed by atoms with Crippen LogP contribution in [-0.4, -0.2) is 61.5 Å². The van der Waals surface area contributed by atoms with Crippen LogP contribution in [0.15, 0.2) is 30.3 Å². The number of ether oxygens (including phenoxy) is 1. The molecule has 0 spiro atoms. The molecule has 1 aliphatic carbocycles. The van der Waals surface area contributed by atoms with Gasteiger partial charge in [-0.2, -0.15) is 4.98 Å². The van der Waals surface area contributed by atoms with Crippen LogP contribution in [0.25, 0.3) is 22.4 Å². The summed E-state index contributed by atoms with van der Waals surface area (Å²) in [5.74, 6) is -0.0363. The number of hydrogen-bond acceptors (Lipinski definition) is 6. The molecule has 2 aliphatic rings. The largest absolute Gasteiger partial charge is 0.461 e. The number of pyridine rings is 1. The summed E-state index contributed by atoms with van der Waals surface area (Å²) in [5.41, 5.74) is 3.25. The maximum Gasteiger partial charge on any atom is 0.296 e. The van der Waals surface area contributed by atoms with E-state index in [1.165, 1.54) is 0 Å². The third-order valence-corrected chi connectivity index (χ3v) is 6.91. The van der Waals surface area contributed by atoms with E-state index in [9.17, 15) is 15.0 Å². The SMILES string of the molecule is O=C(c1ccc(-c2nc3nc(OC4CCC(C(O)O)CC4)[nH]c3cc2Cl)cc1)N1CCCC1. The van der Waals surface area contributed by atoms with Gasteiger partial charge in [-0.3, -0.25) is 4.79 Å². The van der Waals surface area contributed by atoms with Crippen LogP contribution in [0, 0.1) is 5.92 Å². The minimum absolute atomic E-state index is 0.0313. The van der Waals surface area contributed by atoms with Crippen molar-refractivity contribution in [2.24, 2.45) is 5.92 Å². The molecule has 0 bridgehead atoms. The monoisotopic (exact) mass is 470 g/mol. The number of carbonyl (C=O) groups is 1. The average Bonchev–Trinajstić information content (AvgIpc) is 3.48. The molecule has 1 amide bonds. The summed E-state index contributed by atoms with van der Waals surface area (Å²) in [5, 5.41) is 19.2. The maximum atomic E-state index is 12.6. The fraction of sp³-hybridized carbons (Fsp3) is 0.458. The number of benzene rings is 1. The zero-order chi connectivity index (χ0) is 22.9. The van der Waals surface area contributed by atoms with Crippen LogP contribution in [-0.2, 0) is 0 Å². The minimum Gasteiger partial charge on any atom is -0.461 e. The number of aromatic nitrogens is 3. The molecule has 3 aromatic rings. The molecule has 9 heteroatoms. The van der Waals surface area contributed by atoms with Crippen molar-refractivity contribution in [2.75, 3.05) is 13.1 Å². The summed E-state index contributed by atoms with van der Waals surface area (Å²) >= 11 is 6.52. The molecule has 0 radical (unpaired) electrons. The standard InChI is InChI=1S/C24H27ClN4O4/c25-18-13-19-21(28-24(26-19)33-17-9-7-16(8-10-17)23(31)32)27-20(18)14-3-5-15(6-4-14)22(30)29-11-1-2-12-29/h3-6,13,16-17,23,31-32H,1-2,7-12H2,(H,26,27,28). The van der Waals surface area contributed by atoms with Gasteiger partial charge in [-0.25, -0.2) is 4.98 Å². The molecule has 1 saturated heterocycles. The van der Waals surface area contributed by atoms with E-state index in [1.54, 1.807) is 6.07 Å². The molecule has 3 N–H and O–H groups in total. The first-order chi connectivity index (χ1) is 16.0. The highest BCUT2D eigenvalue weighted by atomic mass is 35.5. The Kier molecular flexibility index (Phi) is 6.23. The van der Waals surface area contributed by atoms with E-state index in [0.29, 0.717) is 46.3 Å². The smallest absolute Gasteiger partial charge is 0.296 e. The third kappa shape index (κ3) is 4.69. The number of nitrogens with zero attached hydrogens (tertiary/aromatic N) is 3. The molecule has 0 atom stereocenters. The lowest BCUT2D eigenvalue weighted by atomic mass is 9.87. The summed E-state index contributed by atoms with van der Waals surface area (Å²) in [6, 6.07) is 9.52. The number of halogens is 1. The van der Waals surface area contributed by atoms with E-state index >= 15 is 0 Å².